The Morgan fingerprint density at radius 1 is 1.12 bits per heavy atom. The van der Waals surface area contributed by atoms with Crippen LogP contribution in [0.25, 0.3) is 10.8 Å². The summed E-state index contributed by atoms with van der Waals surface area (Å²) in [6, 6.07) is 14.7. The maximum absolute atomic E-state index is 11.8. The maximum Gasteiger partial charge on any atom is 0.673 e. The van der Waals surface area contributed by atoms with E-state index in [2.05, 4.69) is 36.6 Å². The number of rotatable bonds is 4. The van der Waals surface area contributed by atoms with E-state index in [9.17, 15) is 22.1 Å². The summed E-state index contributed by atoms with van der Waals surface area (Å²) < 4.78 is 44.1. The molecule has 2 rings (SSSR count). The van der Waals surface area contributed by atoms with Gasteiger partial charge < -0.3 is 22.0 Å². The largest absolute Gasteiger partial charge is 0.673 e. The van der Waals surface area contributed by atoms with Gasteiger partial charge in [0.1, 0.15) is 6.26 Å². The van der Waals surface area contributed by atoms with Crippen LogP contribution in [-0.2, 0) is 20.4 Å². The summed E-state index contributed by atoms with van der Waals surface area (Å²) in [5.74, 6) is -0.110. The molecule has 2 unspecified atom stereocenters. The van der Waals surface area contributed by atoms with Gasteiger partial charge in [0.05, 0.1) is 6.61 Å². The van der Waals surface area contributed by atoms with Crippen LogP contribution in [0.4, 0.5) is 17.3 Å². The van der Waals surface area contributed by atoms with E-state index in [1.807, 2.05) is 26.0 Å². The van der Waals surface area contributed by atoms with Crippen LogP contribution >= 0.6 is 0 Å². The molecule has 0 fully saturated rings. The summed E-state index contributed by atoms with van der Waals surface area (Å²) in [7, 11) is -6.14. The molecule has 0 spiro atoms. The van der Waals surface area contributed by atoms with Gasteiger partial charge in [-0.2, -0.15) is 0 Å². The van der Waals surface area contributed by atoms with Crippen molar-refractivity contribution in [1.82, 2.24) is 0 Å². The van der Waals surface area contributed by atoms with Crippen molar-refractivity contribution in [2.24, 2.45) is 0 Å². The van der Waals surface area contributed by atoms with Crippen LogP contribution in [0.5, 0.6) is 0 Å². The molecule has 2 aromatic carbocycles. The number of hydrogen-bond donors (Lipinski definition) is 0. The van der Waals surface area contributed by atoms with Gasteiger partial charge in [-0.25, -0.2) is 4.79 Å². The highest BCUT2D eigenvalue weighted by atomic mass is 32.2. The summed E-state index contributed by atoms with van der Waals surface area (Å²) in [6.07, 6.45) is 2.10. The van der Waals surface area contributed by atoms with Gasteiger partial charge in [-0.1, -0.05) is 24.3 Å². The quantitative estimate of drug-likeness (QED) is 0.341. The number of halogens is 4. The Morgan fingerprint density at radius 3 is 2.21 bits per heavy atom. The van der Waals surface area contributed by atoms with Crippen LogP contribution in [0.3, 0.4) is 0 Å². The lowest BCUT2D eigenvalue weighted by atomic mass is 10.1. The normalized spacial score (nSPS) is 13.6. The van der Waals surface area contributed by atoms with Crippen LogP contribution in [0.15, 0.2) is 47.4 Å². The summed E-state index contributed by atoms with van der Waals surface area (Å²) >= 11 is 0. The van der Waals surface area contributed by atoms with E-state index in [0.717, 1.165) is 0 Å². The molecular weight excluding hydrogens is 343 g/mol. The summed E-state index contributed by atoms with van der Waals surface area (Å²) in [6.45, 7) is 4.23. The van der Waals surface area contributed by atoms with Gasteiger partial charge in [-0.15, -0.1) is 0 Å². The first-order valence-corrected chi connectivity index (χ1v) is 9.00. The van der Waals surface area contributed by atoms with Crippen molar-refractivity contribution >= 4 is 34.9 Å². The van der Waals surface area contributed by atoms with Gasteiger partial charge in [-0.05, 0) is 36.8 Å². The van der Waals surface area contributed by atoms with Crippen LogP contribution in [0, 0.1) is 0 Å². The zero-order valence-corrected chi connectivity index (χ0v) is 14.5. The molecule has 8 heteroatoms. The molecule has 0 N–H and O–H groups in total. The molecule has 0 heterocycles. The predicted octanol–water partition coefficient (Wildman–Crippen LogP) is 4.70. The van der Waals surface area contributed by atoms with Gasteiger partial charge in [0, 0.05) is 17.0 Å². The van der Waals surface area contributed by atoms with E-state index in [4.69, 9.17) is 4.74 Å². The molecule has 2 nitrogen and oxygen atoms in total. The molecule has 0 aliphatic heterocycles. The zero-order valence-electron chi connectivity index (χ0n) is 13.6. The second kappa shape index (κ2) is 8.96. The first-order chi connectivity index (χ1) is 11.1. The number of esters is 1. The fraction of sp³-hybridized carbons (Fsp3) is 0.312. The monoisotopic (exact) mass is 362 g/mol. The molecular formula is C16H19BF4O2S. The van der Waals surface area contributed by atoms with E-state index >= 15 is 0 Å². The van der Waals surface area contributed by atoms with Crippen molar-refractivity contribution in [3.8, 4) is 0 Å². The van der Waals surface area contributed by atoms with E-state index in [1.165, 1.54) is 15.7 Å². The third-order valence-electron chi connectivity index (χ3n) is 3.24. The van der Waals surface area contributed by atoms with Gasteiger partial charge in [0.15, 0.2) is 4.90 Å². The van der Waals surface area contributed by atoms with Crippen molar-refractivity contribution in [2.75, 3.05) is 12.9 Å². The Bertz CT molecular complexity index is 672. The lowest BCUT2D eigenvalue weighted by Crippen LogP contribution is -2.28. The molecule has 132 valence electrons. The fourth-order valence-electron chi connectivity index (χ4n) is 1.98. The number of carbonyl (C=O) groups is 1. The Labute approximate surface area is 141 Å². The Hall–Kier alpha value is -1.70. The highest BCUT2D eigenvalue weighted by molar-refractivity contribution is 7.97. The van der Waals surface area contributed by atoms with Crippen molar-refractivity contribution in [2.45, 2.75) is 24.0 Å². The highest BCUT2D eigenvalue weighted by Gasteiger charge is 2.32. The van der Waals surface area contributed by atoms with Crippen LogP contribution in [0.2, 0.25) is 0 Å². The SMILES string of the molecule is CCOC(=O)C(C)[S+](C)c1ccc2ccccc2c1.F[B-](F)(F)F. The smallest absolute Gasteiger partial charge is 0.462 e. The summed E-state index contributed by atoms with van der Waals surface area (Å²) in [5.41, 5.74) is 0. The average molecular weight is 362 g/mol. The third kappa shape index (κ3) is 6.82. The summed E-state index contributed by atoms with van der Waals surface area (Å²) in [4.78, 5) is 13.0. The molecule has 24 heavy (non-hydrogen) atoms. The Kier molecular flexibility index (Phi) is 7.60. The zero-order chi connectivity index (χ0) is 18.3. The molecule has 0 saturated carbocycles. The molecule has 0 aliphatic rings. The Balaban J connectivity index is 0.000000505. The van der Waals surface area contributed by atoms with E-state index in [0.29, 0.717) is 6.61 Å². The molecule has 2 atom stereocenters. The molecule has 0 amide bonds. The second-order valence-corrected chi connectivity index (χ2v) is 7.25. The van der Waals surface area contributed by atoms with E-state index < -0.39 is 7.25 Å². The predicted molar refractivity (Wildman–Crippen MR) is 91.8 cm³/mol. The highest BCUT2D eigenvalue weighted by Crippen LogP contribution is 2.23. The van der Waals surface area contributed by atoms with Crippen molar-refractivity contribution in [1.29, 1.82) is 0 Å². The number of ether oxygens (including phenoxy) is 1. The van der Waals surface area contributed by atoms with Gasteiger partial charge >= 0.3 is 13.2 Å². The fourth-order valence-corrected chi connectivity index (χ4v) is 3.34. The van der Waals surface area contributed by atoms with Gasteiger partial charge in [0.2, 0.25) is 5.25 Å². The number of benzene rings is 2. The van der Waals surface area contributed by atoms with Crippen LogP contribution in [-0.4, -0.2) is 31.3 Å². The van der Waals surface area contributed by atoms with E-state index in [1.54, 1.807) is 0 Å². The maximum atomic E-state index is 11.8. The minimum Gasteiger partial charge on any atom is -0.462 e. The van der Waals surface area contributed by atoms with Crippen LogP contribution < -0.4 is 0 Å². The molecule has 0 saturated heterocycles. The lowest BCUT2D eigenvalue weighted by Gasteiger charge is -2.11. The molecule has 0 radical (unpaired) electrons. The summed E-state index contributed by atoms with van der Waals surface area (Å²) in [5, 5.41) is 2.35. The Morgan fingerprint density at radius 2 is 1.67 bits per heavy atom. The first kappa shape index (κ1) is 20.3. The topological polar surface area (TPSA) is 26.3 Å². The second-order valence-electron chi connectivity index (χ2n) is 4.96. The van der Waals surface area contributed by atoms with E-state index in [-0.39, 0.29) is 22.1 Å². The number of fused-ring (bicyclic) bond motifs is 1. The number of carbonyl (C=O) groups excluding carboxylic acids is 1. The van der Waals surface area contributed by atoms with Crippen molar-refractivity contribution in [3.63, 3.8) is 0 Å². The van der Waals surface area contributed by atoms with Gasteiger partial charge in [-0.3, -0.25) is 0 Å². The average Bonchev–Trinajstić information content (AvgIpc) is 2.51. The third-order valence-corrected chi connectivity index (χ3v) is 5.49. The van der Waals surface area contributed by atoms with Gasteiger partial charge in [0.25, 0.3) is 0 Å². The lowest BCUT2D eigenvalue weighted by molar-refractivity contribution is -0.142. The minimum absolute atomic E-state index is 0.0962. The van der Waals surface area contributed by atoms with Crippen LogP contribution in [0.1, 0.15) is 13.8 Å². The van der Waals surface area contributed by atoms with Crippen molar-refractivity contribution in [3.05, 3.63) is 42.5 Å². The standard InChI is InChI=1S/C16H19O2S.BF4/c1-4-18-16(17)12(2)19(3)15-10-9-13-7-5-6-8-14(13)11-15;2-1(3,4)5/h5-12H,4H2,1-3H3;/q+1;-1. The molecule has 2 aromatic rings. The minimum atomic E-state index is -6.00. The molecule has 0 aliphatic carbocycles. The molecule has 0 aromatic heterocycles. The number of hydrogen-bond acceptors (Lipinski definition) is 2. The molecule has 0 bridgehead atoms. The van der Waals surface area contributed by atoms with Crippen molar-refractivity contribution < 1.29 is 26.8 Å². The first-order valence-electron chi connectivity index (χ1n) is 7.31.